The molecule has 1 heterocycles. The van der Waals surface area contributed by atoms with Crippen molar-refractivity contribution in [1.29, 1.82) is 0 Å². The van der Waals surface area contributed by atoms with E-state index in [2.05, 4.69) is 23.9 Å². The number of rotatable bonds is 8. The highest BCUT2D eigenvalue weighted by atomic mass is 32.2. The van der Waals surface area contributed by atoms with Gasteiger partial charge in [-0.25, -0.2) is 13.1 Å². The molecular formula is C13H24N2O2S2. The predicted octanol–water partition coefficient (Wildman–Crippen LogP) is 2.57. The number of sulfonamides is 1. The van der Waals surface area contributed by atoms with E-state index in [0.29, 0.717) is 16.7 Å². The van der Waals surface area contributed by atoms with Crippen molar-refractivity contribution in [3.63, 3.8) is 0 Å². The lowest BCUT2D eigenvalue weighted by atomic mass is 10.1. The van der Waals surface area contributed by atoms with Crippen LogP contribution in [-0.2, 0) is 16.6 Å². The molecule has 0 saturated carbocycles. The lowest BCUT2D eigenvalue weighted by Gasteiger charge is -2.14. The fourth-order valence-corrected chi connectivity index (χ4v) is 4.40. The van der Waals surface area contributed by atoms with Gasteiger partial charge in [0, 0.05) is 17.5 Å². The third kappa shape index (κ3) is 5.60. The first-order valence-corrected chi connectivity index (χ1v) is 8.90. The average Bonchev–Trinajstić information content (AvgIpc) is 2.76. The van der Waals surface area contributed by atoms with Crippen molar-refractivity contribution in [1.82, 2.24) is 10.0 Å². The summed E-state index contributed by atoms with van der Waals surface area (Å²) in [5.74, 6) is 0.593. The SMILES string of the molecule is CNCc1ccc(S(=O)(=O)NC(C)CCC(C)C)s1. The highest BCUT2D eigenvalue weighted by Crippen LogP contribution is 2.22. The molecule has 0 aromatic carbocycles. The van der Waals surface area contributed by atoms with Crippen LogP contribution < -0.4 is 10.0 Å². The summed E-state index contributed by atoms with van der Waals surface area (Å²) in [5.41, 5.74) is 0. The molecule has 0 amide bonds. The highest BCUT2D eigenvalue weighted by Gasteiger charge is 2.19. The fourth-order valence-electron chi connectivity index (χ4n) is 1.74. The van der Waals surface area contributed by atoms with Crippen molar-refractivity contribution >= 4 is 21.4 Å². The topological polar surface area (TPSA) is 58.2 Å². The van der Waals surface area contributed by atoms with Crippen LogP contribution in [0, 0.1) is 5.92 Å². The van der Waals surface area contributed by atoms with Gasteiger partial charge in [0.2, 0.25) is 10.0 Å². The molecule has 19 heavy (non-hydrogen) atoms. The molecule has 0 spiro atoms. The van der Waals surface area contributed by atoms with Crippen molar-refractivity contribution in [3.05, 3.63) is 17.0 Å². The normalized spacial score (nSPS) is 13.9. The summed E-state index contributed by atoms with van der Waals surface area (Å²) >= 11 is 1.32. The van der Waals surface area contributed by atoms with Gasteiger partial charge >= 0.3 is 0 Å². The minimum Gasteiger partial charge on any atom is -0.315 e. The van der Waals surface area contributed by atoms with Crippen LogP contribution in [0.5, 0.6) is 0 Å². The second-order valence-electron chi connectivity index (χ2n) is 5.24. The second-order valence-corrected chi connectivity index (χ2v) is 8.35. The van der Waals surface area contributed by atoms with E-state index >= 15 is 0 Å². The molecule has 0 aliphatic heterocycles. The molecule has 4 nitrogen and oxygen atoms in total. The van der Waals surface area contributed by atoms with E-state index in [4.69, 9.17) is 0 Å². The monoisotopic (exact) mass is 304 g/mol. The maximum atomic E-state index is 12.2. The van der Waals surface area contributed by atoms with Gasteiger partial charge in [0.05, 0.1) is 0 Å². The summed E-state index contributed by atoms with van der Waals surface area (Å²) < 4.78 is 27.5. The first kappa shape index (κ1) is 16.6. The lowest BCUT2D eigenvalue weighted by Crippen LogP contribution is -2.32. The standard InChI is InChI=1S/C13H24N2O2S2/c1-10(2)5-6-11(3)15-19(16,17)13-8-7-12(18-13)9-14-4/h7-8,10-11,14-15H,5-6,9H2,1-4H3. The summed E-state index contributed by atoms with van der Waals surface area (Å²) in [6.45, 7) is 6.90. The van der Waals surface area contributed by atoms with Gasteiger partial charge in [-0.05, 0) is 44.9 Å². The molecule has 0 aliphatic carbocycles. The summed E-state index contributed by atoms with van der Waals surface area (Å²) in [7, 11) is -1.52. The zero-order chi connectivity index (χ0) is 14.5. The first-order chi connectivity index (χ1) is 8.85. The van der Waals surface area contributed by atoms with Crippen LogP contribution in [0.25, 0.3) is 0 Å². The van der Waals surface area contributed by atoms with Crippen LogP contribution >= 0.6 is 11.3 Å². The van der Waals surface area contributed by atoms with Gasteiger partial charge in [0.25, 0.3) is 0 Å². The molecule has 1 aromatic rings. The van der Waals surface area contributed by atoms with Crippen molar-refractivity contribution < 1.29 is 8.42 Å². The van der Waals surface area contributed by atoms with Crippen LogP contribution in [0.1, 0.15) is 38.5 Å². The van der Waals surface area contributed by atoms with E-state index in [0.717, 1.165) is 17.7 Å². The molecule has 1 aromatic heterocycles. The molecular weight excluding hydrogens is 280 g/mol. The van der Waals surface area contributed by atoms with E-state index in [1.165, 1.54) is 11.3 Å². The molecule has 1 atom stereocenters. The Morgan fingerprint density at radius 3 is 2.47 bits per heavy atom. The Kier molecular flexibility index (Phi) is 6.46. The van der Waals surface area contributed by atoms with Gasteiger partial charge in [-0.2, -0.15) is 0 Å². The largest absolute Gasteiger partial charge is 0.315 e. The zero-order valence-corrected chi connectivity index (χ0v) is 13.7. The lowest BCUT2D eigenvalue weighted by molar-refractivity contribution is 0.486. The van der Waals surface area contributed by atoms with Crippen LogP contribution in [0.3, 0.4) is 0 Å². The molecule has 0 aliphatic rings. The van der Waals surface area contributed by atoms with Gasteiger partial charge in [0.1, 0.15) is 4.21 Å². The van der Waals surface area contributed by atoms with Crippen molar-refractivity contribution in [2.24, 2.45) is 5.92 Å². The average molecular weight is 304 g/mol. The Labute approximate surface area is 120 Å². The predicted molar refractivity (Wildman–Crippen MR) is 80.9 cm³/mol. The van der Waals surface area contributed by atoms with E-state index in [1.54, 1.807) is 6.07 Å². The van der Waals surface area contributed by atoms with Gasteiger partial charge in [0.15, 0.2) is 0 Å². The molecule has 0 fully saturated rings. The second kappa shape index (κ2) is 7.38. The minimum absolute atomic E-state index is 0.0257. The maximum absolute atomic E-state index is 12.2. The molecule has 1 rings (SSSR count). The third-order valence-electron chi connectivity index (χ3n) is 2.79. The van der Waals surface area contributed by atoms with Crippen LogP contribution in [0.4, 0.5) is 0 Å². The maximum Gasteiger partial charge on any atom is 0.250 e. The van der Waals surface area contributed by atoms with Crippen molar-refractivity contribution in [3.8, 4) is 0 Å². The van der Waals surface area contributed by atoms with Gasteiger partial charge < -0.3 is 5.32 Å². The number of thiophene rings is 1. The van der Waals surface area contributed by atoms with E-state index in [-0.39, 0.29) is 6.04 Å². The number of nitrogens with one attached hydrogen (secondary N) is 2. The molecule has 0 radical (unpaired) electrons. The van der Waals surface area contributed by atoms with Gasteiger partial charge in [-0.15, -0.1) is 11.3 Å². The molecule has 0 bridgehead atoms. The minimum atomic E-state index is -3.36. The number of hydrogen-bond donors (Lipinski definition) is 2. The van der Waals surface area contributed by atoms with Crippen molar-refractivity contribution in [2.45, 2.75) is 50.4 Å². The molecule has 0 saturated heterocycles. The van der Waals surface area contributed by atoms with Crippen LogP contribution in [-0.4, -0.2) is 21.5 Å². The van der Waals surface area contributed by atoms with E-state index in [1.807, 2.05) is 20.0 Å². The van der Waals surface area contributed by atoms with Gasteiger partial charge in [-0.1, -0.05) is 13.8 Å². The Bertz CT molecular complexity index is 481. The zero-order valence-electron chi connectivity index (χ0n) is 12.1. The van der Waals surface area contributed by atoms with E-state index in [9.17, 15) is 8.42 Å². The fraction of sp³-hybridized carbons (Fsp3) is 0.692. The Hall–Kier alpha value is -0.430. The smallest absolute Gasteiger partial charge is 0.250 e. The van der Waals surface area contributed by atoms with Crippen LogP contribution in [0.15, 0.2) is 16.3 Å². The Balaban J connectivity index is 2.64. The molecule has 1 unspecified atom stereocenters. The van der Waals surface area contributed by atoms with Crippen LogP contribution in [0.2, 0.25) is 0 Å². The Morgan fingerprint density at radius 1 is 1.21 bits per heavy atom. The summed E-state index contributed by atoms with van der Waals surface area (Å²) in [4.78, 5) is 1.03. The third-order valence-corrected chi connectivity index (χ3v) is 5.95. The number of hydrogen-bond acceptors (Lipinski definition) is 4. The van der Waals surface area contributed by atoms with E-state index < -0.39 is 10.0 Å². The highest BCUT2D eigenvalue weighted by molar-refractivity contribution is 7.91. The summed E-state index contributed by atoms with van der Waals surface area (Å²) in [6.07, 6.45) is 1.89. The Morgan fingerprint density at radius 2 is 1.89 bits per heavy atom. The molecule has 2 N–H and O–H groups in total. The molecule has 6 heteroatoms. The quantitative estimate of drug-likeness (QED) is 0.776. The van der Waals surface area contributed by atoms with Crippen molar-refractivity contribution in [2.75, 3.05) is 7.05 Å². The van der Waals surface area contributed by atoms with Gasteiger partial charge in [-0.3, -0.25) is 0 Å². The molecule has 110 valence electrons. The summed E-state index contributed by atoms with van der Waals surface area (Å²) in [6, 6.07) is 3.51. The summed E-state index contributed by atoms with van der Waals surface area (Å²) in [5, 5.41) is 3.02. The first-order valence-electron chi connectivity index (χ1n) is 6.60.